The van der Waals surface area contributed by atoms with E-state index in [9.17, 15) is 4.79 Å². The van der Waals surface area contributed by atoms with Crippen LogP contribution in [0.1, 0.15) is 11.5 Å². The molecule has 0 unspecified atom stereocenters. The predicted molar refractivity (Wildman–Crippen MR) is 88.3 cm³/mol. The largest absolute Gasteiger partial charge is 0.441 e. The van der Waals surface area contributed by atoms with Crippen molar-refractivity contribution < 1.29 is 9.21 Å². The van der Waals surface area contributed by atoms with Gasteiger partial charge in [-0.15, -0.1) is 0 Å². The first-order valence-electron chi connectivity index (χ1n) is 7.04. The number of hydrogen-bond acceptors (Lipinski definition) is 4. The third kappa shape index (κ3) is 3.57. The minimum absolute atomic E-state index is 0.112. The van der Waals surface area contributed by atoms with Gasteiger partial charge in [-0.1, -0.05) is 23.7 Å². The quantitative estimate of drug-likeness (QED) is 0.789. The van der Waals surface area contributed by atoms with Crippen LogP contribution in [0.15, 0.2) is 53.2 Å². The van der Waals surface area contributed by atoms with E-state index in [0.29, 0.717) is 28.1 Å². The van der Waals surface area contributed by atoms with Gasteiger partial charge in [-0.05, 0) is 31.2 Å². The summed E-state index contributed by atoms with van der Waals surface area (Å²) < 4.78 is 5.62. The van der Waals surface area contributed by atoms with Crippen LogP contribution in [0.4, 0.5) is 5.69 Å². The van der Waals surface area contributed by atoms with E-state index in [2.05, 4.69) is 15.3 Å². The van der Waals surface area contributed by atoms with Crippen molar-refractivity contribution in [3.63, 3.8) is 0 Å². The van der Waals surface area contributed by atoms with E-state index in [-0.39, 0.29) is 12.3 Å². The van der Waals surface area contributed by atoms with Crippen molar-refractivity contribution in [2.75, 3.05) is 5.32 Å². The monoisotopic (exact) mass is 327 g/mol. The number of halogens is 1. The maximum absolute atomic E-state index is 12.2. The molecular weight excluding hydrogens is 314 g/mol. The standard InChI is InChI=1S/C17H14ClN3O2/c1-11-15(21-17(23-11)12-5-4-8-19-10-12)9-16(22)20-14-7-3-2-6-13(14)18/h2-8,10H,9H2,1H3,(H,20,22). The minimum atomic E-state index is -0.202. The smallest absolute Gasteiger partial charge is 0.230 e. The molecule has 0 fully saturated rings. The third-order valence-corrected chi connectivity index (χ3v) is 3.61. The Labute approximate surface area is 138 Å². The first-order chi connectivity index (χ1) is 11.1. The van der Waals surface area contributed by atoms with E-state index in [0.717, 1.165) is 5.56 Å². The van der Waals surface area contributed by atoms with Gasteiger partial charge in [0.25, 0.3) is 0 Å². The second kappa shape index (κ2) is 6.62. The van der Waals surface area contributed by atoms with Crippen molar-refractivity contribution in [3.05, 3.63) is 65.3 Å². The maximum Gasteiger partial charge on any atom is 0.230 e. The van der Waals surface area contributed by atoms with Crippen LogP contribution in [0.25, 0.3) is 11.5 Å². The molecule has 3 aromatic rings. The van der Waals surface area contributed by atoms with Gasteiger partial charge in [0.15, 0.2) is 0 Å². The summed E-state index contributed by atoms with van der Waals surface area (Å²) in [5.74, 6) is 0.863. The number of para-hydroxylation sites is 1. The highest BCUT2D eigenvalue weighted by Gasteiger charge is 2.15. The molecular formula is C17H14ClN3O2. The fraction of sp³-hybridized carbons (Fsp3) is 0.118. The summed E-state index contributed by atoms with van der Waals surface area (Å²) in [4.78, 5) is 20.6. The van der Waals surface area contributed by atoms with E-state index in [1.54, 1.807) is 43.6 Å². The molecule has 6 heteroatoms. The Bertz CT molecular complexity index is 831. The van der Waals surface area contributed by atoms with Crippen molar-refractivity contribution in [3.8, 4) is 11.5 Å². The minimum Gasteiger partial charge on any atom is -0.441 e. The van der Waals surface area contributed by atoms with Crippen molar-refractivity contribution in [1.82, 2.24) is 9.97 Å². The van der Waals surface area contributed by atoms with Crippen LogP contribution in [0.3, 0.4) is 0 Å². The molecule has 0 bridgehead atoms. The summed E-state index contributed by atoms with van der Waals surface area (Å²) in [6.07, 6.45) is 3.46. The molecule has 0 atom stereocenters. The molecule has 5 nitrogen and oxygen atoms in total. The number of carbonyl (C=O) groups excluding carboxylic acids is 1. The Morgan fingerprint density at radius 3 is 2.83 bits per heavy atom. The highest BCUT2D eigenvalue weighted by molar-refractivity contribution is 6.33. The number of oxazole rings is 1. The van der Waals surface area contributed by atoms with E-state index >= 15 is 0 Å². The van der Waals surface area contributed by atoms with Crippen LogP contribution in [-0.4, -0.2) is 15.9 Å². The third-order valence-electron chi connectivity index (χ3n) is 3.28. The SMILES string of the molecule is Cc1oc(-c2cccnc2)nc1CC(=O)Nc1ccccc1Cl. The second-order valence-corrected chi connectivity index (χ2v) is 5.38. The Hall–Kier alpha value is -2.66. The van der Waals surface area contributed by atoms with Crippen molar-refractivity contribution in [1.29, 1.82) is 0 Å². The molecule has 1 aromatic carbocycles. The summed E-state index contributed by atoms with van der Waals surface area (Å²) in [6, 6.07) is 10.7. The van der Waals surface area contributed by atoms with Crippen LogP contribution in [0.5, 0.6) is 0 Å². The van der Waals surface area contributed by atoms with Crippen LogP contribution >= 0.6 is 11.6 Å². The summed E-state index contributed by atoms with van der Waals surface area (Å²) in [7, 11) is 0. The van der Waals surface area contributed by atoms with E-state index in [4.69, 9.17) is 16.0 Å². The molecule has 2 aromatic heterocycles. The van der Waals surface area contributed by atoms with Crippen molar-refractivity contribution in [2.24, 2.45) is 0 Å². The summed E-state index contributed by atoms with van der Waals surface area (Å²) in [6.45, 7) is 1.78. The number of rotatable bonds is 4. The normalized spacial score (nSPS) is 10.5. The molecule has 0 radical (unpaired) electrons. The number of aryl methyl sites for hydroxylation is 1. The van der Waals surface area contributed by atoms with Gasteiger partial charge in [-0.2, -0.15) is 0 Å². The average molecular weight is 328 g/mol. The lowest BCUT2D eigenvalue weighted by atomic mass is 10.2. The highest BCUT2D eigenvalue weighted by atomic mass is 35.5. The number of aromatic nitrogens is 2. The van der Waals surface area contributed by atoms with Crippen molar-refractivity contribution in [2.45, 2.75) is 13.3 Å². The number of hydrogen-bond donors (Lipinski definition) is 1. The zero-order valence-electron chi connectivity index (χ0n) is 12.4. The lowest BCUT2D eigenvalue weighted by Gasteiger charge is -2.05. The number of nitrogens with one attached hydrogen (secondary N) is 1. The van der Waals surface area contributed by atoms with E-state index in [1.165, 1.54) is 0 Å². The first kappa shape index (κ1) is 15.2. The lowest BCUT2D eigenvalue weighted by molar-refractivity contribution is -0.115. The Morgan fingerprint density at radius 1 is 1.26 bits per heavy atom. The molecule has 116 valence electrons. The number of carbonyl (C=O) groups is 1. The van der Waals surface area contributed by atoms with Crippen LogP contribution in [0, 0.1) is 6.92 Å². The number of pyridine rings is 1. The summed E-state index contributed by atoms with van der Waals surface area (Å²) >= 11 is 6.03. The van der Waals surface area contributed by atoms with Gasteiger partial charge >= 0.3 is 0 Å². The molecule has 3 rings (SSSR count). The van der Waals surface area contributed by atoms with Crippen LogP contribution < -0.4 is 5.32 Å². The molecule has 0 spiro atoms. The lowest BCUT2D eigenvalue weighted by Crippen LogP contribution is -2.15. The molecule has 0 saturated heterocycles. The van der Waals surface area contributed by atoms with Gasteiger partial charge in [-0.25, -0.2) is 4.98 Å². The number of amides is 1. The first-order valence-corrected chi connectivity index (χ1v) is 7.42. The molecule has 1 amide bonds. The van der Waals surface area contributed by atoms with Crippen molar-refractivity contribution >= 4 is 23.2 Å². The van der Waals surface area contributed by atoms with Gasteiger partial charge in [0.1, 0.15) is 5.76 Å². The Morgan fingerprint density at radius 2 is 2.09 bits per heavy atom. The zero-order chi connectivity index (χ0) is 16.2. The summed E-state index contributed by atoms with van der Waals surface area (Å²) in [5.41, 5.74) is 1.94. The Balaban J connectivity index is 1.74. The number of anilines is 1. The topological polar surface area (TPSA) is 68.0 Å². The molecule has 0 aliphatic heterocycles. The fourth-order valence-electron chi connectivity index (χ4n) is 2.11. The number of nitrogens with zero attached hydrogens (tertiary/aromatic N) is 2. The van der Waals surface area contributed by atoms with E-state index in [1.807, 2.05) is 12.1 Å². The van der Waals surface area contributed by atoms with Gasteiger partial charge in [0.05, 0.1) is 28.4 Å². The molecule has 0 saturated carbocycles. The zero-order valence-corrected chi connectivity index (χ0v) is 13.2. The highest BCUT2D eigenvalue weighted by Crippen LogP contribution is 2.23. The number of benzene rings is 1. The van der Waals surface area contributed by atoms with Crippen LogP contribution in [0.2, 0.25) is 5.02 Å². The molecule has 1 N–H and O–H groups in total. The average Bonchev–Trinajstić information content (AvgIpc) is 2.91. The summed E-state index contributed by atoms with van der Waals surface area (Å²) in [5, 5.41) is 3.26. The van der Waals surface area contributed by atoms with Gasteiger partial charge < -0.3 is 9.73 Å². The Kier molecular flexibility index (Phi) is 4.39. The van der Waals surface area contributed by atoms with Gasteiger partial charge in [0, 0.05) is 12.4 Å². The van der Waals surface area contributed by atoms with Gasteiger partial charge in [-0.3, -0.25) is 9.78 Å². The maximum atomic E-state index is 12.2. The molecule has 23 heavy (non-hydrogen) atoms. The molecule has 2 heterocycles. The fourth-order valence-corrected chi connectivity index (χ4v) is 2.30. The van der Waals surface area contributed by atoms with Gasteiger partial charge in [0.2, 0.25) is 11.8 Å². The molecule has 0 aliphatic rings. The van der Waals surface area contributed by atoms with E-state index < -0.39 is 0 Å². The second-order valence-electron chi connectivity index (χ2n) is 4.97. The molecule has 0 aliphatic carbocycles. The van der Waals surface area contributed by atoms with Crippen LogP contribution in [-0.2, 0) is 11.2 Å². The predicted octanol–water partition coefficient (Wildman–Crippen LogP) is 3.88.